The summed E-state index contributed by atoms with van der Waals surface area (Å²) < 4.78 is 13.9. The average Bonchev–Trinajstić information content (AvgIpc) is 3.22. The number of rotatable bonds is 5. The predicted octanol–water partition coefficient (Wildman–Crippen LogP) is 4.44. The van der Waals surface area contributed by atoms with Crippen LogP contribution in [0.25, 0.3) is 0 Å². The third kappa shape index (κ3) is 6.21. The van der Waals surface area contributed by atoms with Crippen LogP contribution >= 0.6 is 11.6 Å². The van der Waals surface area contributed by atoms with E-state index >= 15 is 0 Å². The van der Waals surface area contributed by atoms with Crippen LogP contribution in [-0.4, -0.2) is 64.4 Å². The molecule has 1 aromatic heterocycles. The van der Waals surface area contributed by atoms with Crippen LogP contribution in [0.2, 0.25) is 5.02 Å². The number of carbonyl (C=O) groups is 3. The van der Waals surface area contributed by atoms with E-state index in [-0.39, 0.29) is 37.0 Å². The maximum Gasteiger partial charge on any atom is 0.323 e. The quantitative estimate of drug-likeness (QED) is 0.419. The fraction of sp³-hybridized carbons (Fsp3) is 0.357. The number of hydrogen-bond donors (Lipinski definition) is 3. The third-order valence-electron chi connectivity index (χ3n) is 7.05. The molecule has 0 unspecified atom stereocenters. The monoisotopic (exact) mass is 566 g/mol. The number of urea groups is 1. The summed E-state index contributed by atoms with van der Waals surface area (Å²) in [6, 6.07) is 11.0. The Morgan fingerprint density at radius 3 is 2.58 bits per heavy atom. The van der Waals surface area contributed by atoms with Crippen molar-refractivity contribution in [2.75, 3.05) is 29.6 Å². The molecular weight excluding hydrogens is 536 g/mol. The SMILES string of the molecule is Cc1nn(C)cc1NC(=O)C[C@@H]1CC[C@H]2[C@@H](COc3ccc(NC(=O)Nc4cccc(Cl)c4)cc3C(=O)N2C)O1. The fourth-order valence-electron chi connectivity index (χ4n) is 5.10. The Balaban J connectivity index is 1.23. The van der Waals surface area contributed by atoms with E-state index in [9.17, 15) is 14.4 Å². The first-order valence-electron chi connectivity index (χ1n) is 13.0. The molecule has 3 atom stereocenters. The zero-order valence-electron chi connectivity index (χ0n) is 22.4. The number of carbonyl (C=O) groups excluding carboxylic acids is 3. The van der Waals surface area contributed by atoms with Gasteiger partial charge in [0.25, 0.3) is 5.91 Å². The average molecular weight is 567 g/mol. The van der Waals surface area contributed by atoms with Gasteiger partial charge in [-0.2, -0.15) is 5.10 Å². The number of anilines is 3. The summed E-state index contributed by atoms with van der Waals surface area (Å²) in [5.41, 5.74) is 2.74. The van der Waals surface area contributed by atoms with Gasteiger partial charge >= 0.3 is 6.03 Å². The van der Waals surface area contributed by atoms with Gasteiger partial charge in [0.15, 0.2) is 0 Å². The number of nitrogens with zero attached hydrogens (tertiary/aromatic N) is 3. The van der Waals surface area contributed by atoms with Gasteiger partial charge in [0, 0.05) is 36.7 Å². The Morgan fingerprint density at radius 2 is 1.85 bits per heavy atom. The van der Waals surface area contributed by atoms with Crippen LogP contribution in [0.3, 0.4) is 0 Å². The molecule has 0 bridgehead atoms. The summed E-state index contributed by atoms with van der Waals surface area (Å²) in [7, 11) is 3.54. The zero-order chi connectivity index (χ0) is 28.4. The molecule has 3 N–H and O–H groups in total. The van der Waals surface area contributed by atoms with Gasteiger partial charge in [-0.1, -0.05) is 17.7 Å². The molecule has 5 rings (SSSR count). The van der Waals surface area contributed by atoms with Crippen LogP contribution in [0.5, 0.6) is 5.75 Å². The van der Waals surface area contributed by atoms with Gasteiger partial charge in [0.05, 0.1) is 35.5 Å². The van der Waals surface area contributed by atoms with E-state index in [1.165, 1.54) is 0 Å². The second-order valence-electron chi connectivity index (χ2n) is 10.0. The molecule has 11 nitrogen and oxygen atoms in total. The lowest BCUT2D eigenvalue weighted by atomic mass is 9.94. The molecule has 4 amide bonds. The molecule has 2 aliphatic heterocycles. The number of aromatic nitrogens is 2. The maximum atomic E-state index is 13.5. The largest absolute Gasteiger partial charge is 0.490 e. The lowest BCUT2D eigenvalue weighted by Crippen LogP contribution is -2.53. The van der Waals surface area contributed by atoms with E-state index in [2.05, 4.69) is 21.0 Å². The first-order valence-corrected chi connectivity index (χ1v) is 13.4. The molecule has 3 heterocycles. The van der Waals surface area contributed by atoms with Crippen molar-refractivity contribution in [3.05, 3.63) is 64.9 Å². The van der Waals surface area contributed by atoms with Gasteiger partial charge in [-0.3, -0.25) is 14.3 Å². The predicted molar refractivity (Wildman–Crippen MR) is 151 cm³/mol. The van der Waals surface area contributed by atoms with Crippen molar-refractivity contribution in [3.8, 4) is 5.75 Å². The minimum atomic E-state index is -0.468. The van der Waals surface area contributed by atoms with Gasteiger partial charge in [-0.15, -0.1) is 0 Å². The summed E-state index contributed by atoms with van der Waals surface area (Å²) >= 11 is 5.98. The van der Waals surface area contributed by atoms with Gasteiger partial charge < -0.3 is 30.3 Å². The lowest BCUT2D eigenvalue weighted by Gasteiger charge is -2.42. The van der Waals surface area contributed by atoms with Crippen molar-refractivity contribution < 1.29 is 23.9 Å². The molecule has 1 fully saturated rings. The number of halogens is 1. The summed E-state index contributed by atoms with van der Waals surface area (Å²) in [5, 5.41) is 13.1. The van der Waals surface area contributed by atoms with Crippen molar-refractivity contribution in [3.63, 3.8) is 0 Å². The molecule has 40 heavy (non-hydrogen) atoms. The molecule has 1 saturated heterocycles. The number of likely N-dealkylation sites (N-methyl/N-ethyl adjacent to an activating group) is 1. The van der Waals surface area contributed by atoms with Crippen LogP contribution in [0.4, 0.5) is 21.9 Å². The second-order valence-corrected chi connectivity index (χ2v) is 10.5. The van der Waals surface area contributed by atoms with Crippen LogP contribution in [0.15, 0.2) is 48.7 Å². The molecule has 2 aliphatic rings. The zero-order valence-corrected chi connectivity index (χ0v) is 23.2. The third-order valence-corrected chi connectivity index (χ3v) is 7.29. The Morgan fingerprint density at radius 1 is 1.07 bits per heavy atom. The highest BCUT2D eigenvalue weighted by Crippen LogP contribution is 2.33. The summed E-state index contributed by atoms with van der Waals surface area (Å²) in [6.07, 6.45) is 2.55. The van der Waals surface area contributed by atoms with E-state index in [1.54, 1.807) is 72.3 Å². The van der Waals surface area contributed by atoms with E-state index in [4.69, 9.17) is 21.1 Å². The number of ether oxygens (including phenoxy) is 2. The molecule has 0 saturated carbocycles. The second kappa shape index (κ2) is 11.6. The Bertz CT molecular complexity index is 1440. The summed E-state index contributed by atoms with van der Waals surface area (Å²) in [4.78, 5) is 40.3. The maximum absolute atomic E-state index is 13.5. The van der Waals surface area contributed by atoms with Crippen LogP contribution in [0.1, 0.15) is 35.3 Å². The molecule has 210 valence electrons. The lowest BCUT2D eigenvalue weighted by molar-refractivity contribution is -0.130. The number of amides is 4. The number of hydrogen-bond acceptors (Lipinski definition) is 6. The minimum absolute atomic E-state index is 0.152. The van der Waals surface area contributed by atoms with Crippen molar-refractivity contribution >= 4 is 46.5 Å². The number of aryl methyl sites for hydroxylation is 2. The van der Waals surface area contributed by atoms with Crippen molar-refractivity contribution in [2.24, 2.45) is 7.05 Å². The fourth-order valence-corrected chi connectivity index (χ4v) is 5.29. The van der Waals surface area contributed by atoms with E-state index in [0.717, 1.165) is 5.69 Å². The van der Waals surface area contributed by atoms with E-state index in [0.29, 0.717) is 46.2 Å². The van der Waals surface area contributed by atoms with Gasteiger partial charge in [-0.25, -0.2) is 4.79 Å². The standard InChI is InChI=1S/C28H31ClN6O5/c1-16-22(14-34(2)33-16)32-26(36)13-20-8-9-23-25(40-20)15-39-24-10-7-19(12-21(24)27(37)35(23)3)31-28(38)30-18-6-4-5-17(29)11-18/h4-7,10-12,14,20,23,25H,8-9,13,15H2,1-3H3,(H,32,36)(H2,30,31,38)/t20-,23-,25+/m0/s1. The Labute approximate surface area is 236 Å². The molecule has 2 aromatic carbocycles. The molecule has 3 aromatic rings. The highest BCUT2D eigenvalue weighted by Gasteiger charge is 2.39. The van der Waals surface area contributed by atoms with Crippen LogP contribution in [0, 0.1) is 6.92 Å². The van der Waals surface area contributed by atoms with Crippen LogP contribution < -0.4 is 20.7 Å². The summed E-state index contributed by atoms with van der Waals surface area (Å²) in [6.45, 7) is 2.06. The first kappa shape index (κ1) is 27.5. The van der Waals surface area contributed by atoms with E-state index < -0.39 is 12.1 Å². The van der Waals surface area contributed by atoms with Gasteiger partial charge in [0.2, 0.25) is 5.91 Å². The molecule has 0 spiro atoms. The van der Waals surface area contributed by atoms with Gasteiger partial charge in [0.1, 0.15) is 18.5 Å². The van der Waals surface area contributed by atoms with Crippen molar-refractivity contribution in [2.45, 2.75) is 44.4 Å². The van der Waals surface area contributed by atoms with Crippen LogP contribution in [-0.2, 0) is 16.6 Å². The number of fused-ring (bicyclic) bond motifs is 2. The molecule has 0 aliphatic carbocycles. The highest BCUT2D eigenvalue weighted by molar-refractivity contribution is 6.30. The topological polar surface area (TPSA) is 127 Å². The van der Waals surface area contributed by atoms with Crippen molar-refractivity contribution in [1.29, 1.82) is 0 Å². The van der Waals surface area contributed by atoms with Gasteiger partial charge in [-0.05, 0) is 56.2 Å². The molecule has 12 heteroatoms. The first-order chi connectivity index (χ1) is 19.2. The van der Waals surface area contributed by atoms with Crippen molar-refractivity contribution in [1.82, 2.24) is 14.7 Å². The number of nitrogens with one attached hydrogen (secondary N) is 3. The smallest absolute Gasteiger partial charge is 0.323 e. The number of benzene rings is 2. The minimum Gasteiger partial charge on any atom is -0.490 e. The normalized spacial score (nSPS) is 20.4. The summed E-state index contributed by atoms with van der Waals surface area (Å²) in [5.74, 6) is 0.00239. The molecular formula is C28H31ClN6O5. The Kier molecular flexibility index (Phi) is 7.95. The van der Waals surface area contributed by atoms with E-state index in [1.807, 2.05) is 6.92 Å². The Hall–Kier alpha value is -4.09. The molecule has 0 radical (unpaired) electrons. The highest BCUT2D eigenvalue weighted by atomic mass is 35.5.